The molecule has 1 aliphatic rings. The number of halogens is 1. The normalized spacial score (nSPS) is 15.3. The monoisotopic (exact) mass is 635 g/mol. The Labute approximate surface area is 263 Å². The highest BCUT2D eigenvalue weighted by molar-refractivity contribution is 7.99. The number of hydrogen-bond donors (Lipinski definition) is 0. The Balaban J connectivity index is 1.56. The lowest BCUT2D eigenvalue weighted by atomic mass is 9.69. The molecule has 1 aromatic heterocycles. The molecule has 226 valence electrons. The highest BCUT2D eigenvalue weighted by Crippen LogP contribution is 2.43. The van der Waals surface area contributed by atoms with Crippen molar-refractivity contribution in [2.45, 2.75) is 52.0 Å². The number of benzene rings is 3. The van der Waals surface area contributed by atoms with Crippen LogP contribution in [-0.4, -0.2) is 48.2 Å². The van der Waals surface area contributed by atoms with E-state index in [1.54, 1.807) is 16.7 Å². The van der Waals surface area contributed by atoms with Crippen molar-refractivity contribution in [1.82, 2.24) is 14.1 Å². The van der Waals surface area contributed by atoms with Gasteiger partial charge in [-0.15, -0.1) is 0 Å². The summed E-state index contributed by atoms with van der Waals surface area (Å²) in [7, 11) is -2.16. The molecule has 0 amide bonds. The van der Waals surface area contributed by atoms with Gasteiger partial charge in [-0.25, -0.2) is 14.2 Å². The Kier molecular flexibility index (Phi) is 9.78. The van der Waals surface area contributed by atoms with Gasteiger partial charge in [0.2, 0.25) is 9.04 Å². The number of ether oxygens (including phenoxy) is 1. The van der Waals surface area contributed by atoms with E-state index >= 15 is 0 Å². The van der Waals surface area contributed by atoms with Gasteiger partial charge < -0.3 is 9.16 Å². The van der Waals surface area contributed by atoms with E-state index in [2.05, 4.69) is 50.0 Å². The van der Waals surface area contributed by atoms with Crippen LogP contribution in [0.4, 0.5) is 0 Å². The van der Waals surface area contributed by atoms with Gasteiger partial charge in [-0.1, -0.05) is 124 Å². The van der Waals surface area contributed by atoms with Crippen LogP contribution in [0.15, 0.2) is 99.7 Å². The quantitative estimate of drug-likeness (QED) is 0.182. The first kappa shape index (κ1) is 31.5. The Morgan fingerprint density at radius 3 is 2.02 bits per heavy atom. The molecular weight excluding hydrogens is 598 g/mol. The van der Waals surface area contributed by atoms with Crippen LogP contribution in [0.25, 0.3) is 0 Å². The SMILES string of the molecule is CCSc1nc(=O)n(CC2(C(O[SiH](c3ccccc3)c3ccccc3)C(C)(C)C)COC2)c(=O)n1Cc1ccc(Cl)cc1. The lowest BCUT2D eigenvalue weighted by Crippen LogP contribution is -2.64. The summed E-state index contributed by atoms with van der Waals surface area (Å²) in [6.45, 7) is 9.64. The maximum atomic E-state index is 14.1. The van der Waals surface area contributed by atoms with Crippen molar-refractivity contribution in [2.24, 2.45) is 10.8 Å². The summed E-state index contributed by atoms with van der Waals surface area (Å²) in [5, 5.41) is 3.37. The summed E-state index contributed by atoms with van der Waals surface area (Å²) in [5.74, 6) is 0.680. The molecule has 5 rings (SSSR count). The maximum Gasteiger partial charge on any atom is 0.354 e. The summed E-state index contributed by atoms with van der Waals surface area (Å²) >= 11 is 7.48. The van der Waals surface area contributed by atoms with E-state index in [0.29, 0.717) is 29.1 Å². The predicted octanol–water partition coefficient (Wildman–Crippen LogP) is 4.20. The Bertz CT molecular complexity index is 1600. The Hall–Kier alpha value is -2.95. The van der Waals surface area contributed by atoms with E-state index in [1.807, 2.05) is 55.5 Å². The molecule has 0 aliphatic carbocycles. The zero-order chi connectivity index (χ0) is 30.6. The van der Waals surface area contributed by atoms with Crippen molar-refractivity contribution in [3.05, 3.63) is 116 Å². The topological polar surface area (TPSA) is 75.4 Å². The van der Waals surface area contributed by atoms with Gasteiger partial charge in [-0.2, -0.15) is 4.98 Å². The van der Waals surface area contributed by atoms with Crippen molar-refractivity contribution in [3.8, 4) is 0 Å². The van der Waals surface area contributed by atoms with Gasteiger partial charge in [0.25, 0.3) is 0 Å². The van der Waals surface area contributed by atoms with Gasteiger partial charge in [0.15, 0.2) is 5.16 Å². The molecule has 0 saturated carbocycles. The second-order valence-corrected chi connectivity index (χ2v) is 16.2. The standard InChI is InChI=1S/C33H38ClN3O4SSi/c1-5-42-30-35-29(38)37(31(39)36(30)20-24-16-18-25(34)19-17-24)21-33(22-40-23-33)28(32(2,3)4)41-43(26-12-8-6-9-13-26)27-14-10-7-11-15-27/h6-19,28,43H,5,20-23H2,1-4H3. The third kappa shape index (κ3) is 7.07. The largest absolute Gasteiger partial charge is 0.407 e. The summed E-state index contributed by atoms with van der Waals surface area (Å²) < 4.78 is 15.9. The van der Waals surface area contributed by atoms with Crippen LogP contribution in [-0.2, 0) is 22.3 Å². The molecule has 0 spiro atoms. The highest BCUT2D eigenvalue weighted by atomic mass is 35.5. The van der Waals surface area contributed by atoms with E-state index in [-0.39, 0.29) is 30.3 Å². The first-order valence-corrected chi connectivity index (χ1v) is 17.5. The van der Waals surface area contributed by atoms with Crippen molar-refractivity contribution in [1.29, 1.82) is 0 Å². The van der Waals surface area contributed by atoms with Gasteiger partial charge >= 0.3 is 11.4 Å². The van der Waals surface area contributed by atoms with Gasteiger partial charge in [0, 0.05) is 11.6 Å². The van der Waals surface area contributed by atoms with Crippen LogP contribution >= 0.6 is 23.4 Å². The molecule has 10 heteroatoms. The molecule has 4 aromatic rings. The number of hydrogen-bond acceptors (Lipinski definition) is 6. The molecule has 1 aliphatic heterocycles. The molecule has 0 bridgehead atoms. The van der Waals surface area contributed by atoms with Crippen molar-refractivity contribution in [3.63, 3.8) is 0 Å². The fraction of sp³-hybridized carbons (Fsp3) is 0.364. The van der Waals surface area contributed by atoms with Crippen LogP contribution in [0.5, 0.6) is 0 Å². The molecule has 7 nitrogen and oxygen atoms in total. The molecule has 0 N–H and O–H groups in total. The number of nitrogens with zero attached hydrogens (tertiary/aromatic N) is 3. The molecule has 0 radical (unpaired) electrons. The molecule has 1 saturated heterocycles. The van der Waals surface area contributed by atoms with Gasteiger partial charge in [0.05, 0.1) is 31.3 Å². The lowest BCUT2D eigenvalue weighted by Gasteiger charge is -2.52. The van der Waals surface area contributed by atoms with E-state index in [4.69, 9.17) is 20.8 Å². The predicted molar refractivity (Wildman–Crippen MR) is 177 cm³/mol. The third-order valence-electron chi connectivity index (χ3n) is 7.71. The fourth-order valence-electron chi connectivity index (χ4n) is 5.81. The van der Waals surface area contributed by atoms with E-state index in [0.717, 1.165) is 5.56 Å². The van der Waals surface area contributed by atoms with Crippen LogP contribution < -0.4 is 21.8 Å². The van der Waals surface area contributed by atoms with Crippen molar-refractivity contribution < 1.29 is 9.16 Å². The van der Waals surface area contributed by atoms with Gasteiger partial charge in [-0.05, 0) is 39.2 Å². The number of thioether (sulfide) groups is 1. The fourth-order valence-corrected chi connectivity index (χ4v) is 9.44. The van der Waals surface area contributed by atoms with Gasteiger partial charge in [0.1, 0.15) is 0 Å². The maximum absolute atomic E-state index is 14.1. The summed E-state index contributed by atoms with van der Waals surface area (Å²) in [4.78, 5) is 32.0. The van der Waals surface area contributed by atoms with E-state index in [9.17, 15) is 9.59 Å². The van der Waals surface area contributed by atoms with E-state index < -0.39 is 20.1 Å². The molecule has 3 aromatic carbocycles. The zero-order valence-electron chi connectivity index (χ0n) is 25.0. The summed E-state index contributed by atoms with van der Waals surface area (Å²) in [6.07, 6.45) is -0.300. The second-order valence-electron chi connectivity index (χ2n) is 12.1. The van der Waals surface area contributed by atoms with Crippen LogP contribution in [0.1, 0.15) is 33.3 Å². The average Bonchev–Trinajstić information content (AvgIpc) is 2.97. The molecule has 43 heavy (non-hydrogen) atoms. The average molecular weight is 636 g/mol. The van der Waals surface area contributed by atoms with Crippen molar-refractivity contribution in [2.75, 3.05) is 19.0 Å². The number of rotatable bonds is 11. The second kappa shape index (κ2) is 13.4. The van der Waals surface area contributed by atoms with Crippen LogP contribution in [0, 0.1) is 10.8 Å². The Morgan fingerprint density at radius 2 is 1.53 bits per heavy atom. The van der Waals surface area contributed by atoms with Crippen LogP contribution in [0.3, 0.4) is 0 Å². The Morgan fingerprint density at radius 1 is 0.953 bits per heavy atom. The first-order chi connectivity index (χ1) is 20.6. The zero-order valence-corrected chi connectivity index (χ0v) is 27.8. The van der Waals surface area contributed by atoms with Crippen molar-refractivity contribution >= 4 is 42.8 Å². The minimum absolute atomic E-state index is 0.155. The molecule has 2 heterocycles. The van der Waals surface area contributed by atoms with E-state index in [1.165, 1.54) is 26.7 Å². The summed E-state index contributed by atoms with van der Waals surface area (Å²) in [6, 6.07) is 28.1. The first-order valence-electron chi connectivity index (χ1n) is 14.5. The molecule has 1 unspecified atom stereocenters. The minimum Gasteiger partial charge on any atom is -0.407 e. The third-order valence-corrected chi connectivity index (χ3v) is 11.3. The molecular formula is C33H38ClN3O4SSi. The highest BCUT2D eigenvalue weighted by Gasteiger charge is 2.53. The minimum atomic E-state index is -2.16. The molecule has 1 fully saturated rings. The lowest BCUT2D eigenvalue weighted by molar-refractivity contribution is -0.197. The summed E-state index contributed by atoms with van der Waals surface area (Å²) in [5.41, 5.74) is -0.934. The molecule has 1 atom stereocenters. The van der Waals surface area contributed by atoms with Crippen LogP contribution in [0.2, 0.25) is 5.02 Å². The van der Waals surface area contributed by atoms with Gasteiger partial charge in [-0.3, -0.25) is 4.57 Å². The smallest absolute Gasteiger partial charge is 0.354 e. The number of aromatic nitrogens is 3.